The second kappa shape index (κ2) is 4.60. The molecule has 0 unspecified atom stereocenters. The van der Waals surface area contributed by atoms with Crippen molar-refractivity contribution in [3.05, 3.63) is 23.4 Å². The lowest BCUT2D eigenvalue weighted by Gasteiger charge is -2.13. The highest BCUT2D eigenvalue weighted by atomic mass is 19.4. The first-order valence-electron chi connectivity index (χ1n) is 4.80. The van der Waals surface area contributed by atoms with Crippen LogP contribution in [0.2, 0.25) is 0 Å². The minimum Gasteiger partial charge on any atom is -0.478 e. The molecule has 1 rings (SSSR count). The first-order chi connectivity index (χ1) is 7.71. The van der Waals surface area contributed by atoms with Crippen LogP contribution in [-0.4, -0.2) is 22.1 Å². The number of carboxylic acid groups (broad SMARTS) is 1. The van der Waals surface area contributed by atoms with Crippen molar-refractivity contribution in [2.24, 2.45) is 0 Å². The van der Waals surface area contributed by atoms with Gasteiger partial charge in [-0.2, -0.15) is 13.2 Å². The number of nitrogens with one attached hydrogen (secondary N) is 1. The third kappa shape index (κ3) is 3.33. The summed E-state index contributed by atoms with van der Waals surface area (Å²) in [5.41, 5.74) is -2.25. The number of aromatic nitrogens is 1. The summed E-state index contributed by atoms with van der Waals surface area (Å²) in [5.74, 6) is -1.65. The van der Waals surface area contributed by atoms with Crippen LogP contribution >= 0.6 is 0 Å². The summed E-state index contributed by atoms with van der Waals surface area (Å²) in [5, 5.41) is 11.3. The smallest absolute Gasteiger partial charge is 0.434 e. The maximum absolute atomic E-state index is 12.6. The van der Waals surface area contributed by atoms with E-state index in [1.807, 2.05) is 0 Å². The molecule has 7 heteroatoms. The van der Waals surface area contributed by atoms with E-state index >= 15 is 0 Å². The van der Waals surface area contributed by atoms with Crippen molar-refractivity contribution >= 4 is 11.8 Å². The van der Waals surface area contributed by atoms with Gasteiger partial charge in [0.2, 0.25) is 0 Å². The molecule has 0 atom stereocenters. The van der Waals surface area contributed by atoms with Crippen LogP contribution in [0, 0.1) is 0 Å². The highest BCUT2D eigenvalue weighted by molar-refractivity contribution is 5.89. The maximum Gasteiger partial charge on any atom is 0.434 e. The van der Waals surface area contributed by atoms with Gasteiger partial charge in [-0.1, -0.05) is 0 Å². The van der Waals surface area contributed by atoms with Gasteiger partial charge in [0.05, 0.1) is 5.56 Å². The molecule has 0 aliphatic carbocycles. The largest absolute Gasteiger partial charge is 0.478 e. The van der Waals surface area contributed by atoms with Gasteiger partial charge in [-0.15, -0.1) is 0 Å². The SMILES string of the molecule is CC(C)Nc1ccc(C(=O)O)c(C(F)(F)F)n1. The number of alkyl halides is 3. The van der Waals surface area contributed by atoms with Crippen molar-refractivity contribution in [2.75, 3.05) is 5.32 Å². The monoisotopic (exact) mass is 248 g/mol. The highest BCUT2D eigenvalue weighted by Crippen LogP contribution is 2.31. The Balaban J connectivity index is 3.25. The number of hydrogen-bond donors (Lipinski definition) is 2. The molecule has 0 fully saturated rings. The van der Waals surface area contributed by atoms with Crippen LogP contribution in [0.1, 0.15) is 29.9 Å². The van der Waals surface area contributed by atoms with E-state index in [-0.39, 0.29) is 11.9 Å². The number of halogens is 3. The number of carboxylic acids is 1. The normalized spacial score (nSPS) is 11.6. The Kier molecular flexibility index (Phi) is 3.59. The summed E-state index contributed by atoms with van der Waals surface area (Å²) in [6.07, 6.45) is -4.79. The molecule has 2 N–H and O–H groups in total. The number of carbonyl (C=O) groups is 1. The quantitative estimate of drug-likeness (QED) is 0.863. The summed E-state index contributed by atoms with van der Waals surface area (Å²) in [6, 6.07) is 2.00. The Morgan fingerprint density at radius 3 is 2.41 bits per heavy atom. The zero-order valence-corrected chi connectivity index (χ0v) is 9.17. The van der Waals surface area contributed by atoms with Crippen LogP contribution in [0.25, 0.3) is 0 Å². The molecular weight excluding hydrogens is 237 g/mol. The van der Waals surface area contributed by atoms with E-state index in [9.17, 15) is 18.0 Å². The molecule has 0 aliphatic heterocycles. The molecule has 1 aromatic heterocycles. The van der Waals surface area contributed by atoms with E-state index in [1.54, 1.807) is 13.8 Å². The second-order valence-electron chi connectivity index (χ2n) is 3.69. The average Bonchev–Trinajstić information content (AvgIpc) is 2.14. The van der Waals surface area contributed by atoms with Gasteiger partial charge >= 0.3 is 12.1 Å². The number of hydrogen-bond acceptors (Lipinski definition) is 3. The van der Waals surface area contributed by atoms with Crippen LogP contribution in [0.3, 0.4) is 0 Å². The van der Waals surface area contributed by atoms with Crippen LogP contribution in [-0.2, 0) is 6.18 Å². The van der Waals surface area contributed by atoms with Crippen molar-refractivity contribution in [1.82, 2.24) is 4.98 Å². The molecular formula is C10H11F3N2O2. The summed E-state index contributed by atoms with van der Waals surface area (Å²) in [7, 11) is 0. The Hall–Kier alpha value is -1.79. The van der Waals surface area contributed by atoms with Gasteiger partial charge in [-0.3, -0.25) is 0 Å². The van der Waals surface area contributed by atoms with Crippen LogP contribution in [0.4, 0.5) is 19.0 Å². The second-order valence-corrected chi connectivity index (χ2v) is 3.69. The number of anilines is 1. The van der Waals surface area contributed by atoms with Crippen molar-refractivity contribution in [1.29, 1.82) is 0 Å². The molecule has 1 aromatic rings. The lowest BCUT2D eigenvalue weighted by atomic mass is 10.2. The Morgan fingerprint density at radius 1 is 1.41 bits per heavy atom. The van der Waals surface area contributed by atoms with E-state index < -0.39 is 23.4 Å². The Morgan fingerprint density at radius 2 is 2.00 bits per heavy atom. The van der Waals surface area contributed by atoms with Crippen LogP contribution in [0.15, 0.2) is 12.1 Å². The fourth-order valence-corrected chi connectivity index (χ4v) is 1.22. The summed E-state index contributed by atoms with van der Waals surface area (Å²) in [4.78, 5) is 13.9. The zero-order valence-electron chi connectivity index (χ0n) is 9.17. The number of nitrogens with zero attached hydrogens (tertiary/aromatic N) is 1. The molecule has 1 heterocycles. The summed E-state index contributed by atoms with van der Waals surface area (Å²) < 4.78 is 37.7. The average molecular weight is 248 g/mol. The molecule has 17 heavy (non-hydrogen) atoms. The van der Waals surface area contributed by atoms with Gasteiger partial charge < -0.3 is 10.4 Å². The van der Waals surface area contributed by atoms with Gasteiger partial charge in [0.25, 0.3) is 0 Å². The van der Waals surface area contributed by atoms with Crippen molar-refractivity contribution in [2.45, 2.75) is 26.1 Å². The molecule has 0 radical (unpaired) electrons. The van der Waals surface area contributed by atoms with Crippen LogP contribution in [0.5, 0.6) is 0 Å². The summed E-state index contributed by atoms with van der Waals surface area (Å²) >= 11 is 0. The molecule has 94 valence electrons. The topological polar surface area (TPSA) is 62.2 Å². The minimum absolute atomic E-state index is 0.00248. The summed E-state index contributed by atoms with van der Waals surface area (Å²) in [6.45, 7) is 3.47. The fourth-order valence-electron chi connectivity index (χ4n) is 1.22. The molecule has 4 nitrogen and oxygen atoms in total. The minimum atomic E-state index is -4.79. The number of aromatic carboxylic acids is 1. The van der Waals surface area contributed by atoms with E-state index in [1.165, 1.54) is 6.07 Å². The third-order valence-electron chi connectivity index (χ3n) is 1.83. The third-order valence-corrected chi connectivity index (χ3v) is 1.83. The Bertz CT molecular complexity index is 430. The van der Waals surface area contributed by atoms with Crippen molar-refractivity contribution in [3.8, 4) is 0 Å². The lowest BCUT2D eigenvalue weighted by Crippen LogP contribution is -2.18. The standard InChI is InChI=1S/C10H11F3N2O2/c1-5(2)14-7-4-3-6(9(16)17)8(15-7)10(11,12)13/h3-5H,1-2H3,(H,14,15)(H,16,17). The molecule has 0 aromatic carbocycles. The molecule has 0 spiro atoms. The van der Waals surface area contributed by atoms with Gasteiger partial charge in [-0.05, 0) is 26.0 Å². The molecule has 0 amide bonds. The van der Waals surface area contributed by atoms with Crippen molar-refractivity contribution < 1.29 is 23.1 Å². The number of rotatable bonds is 3. The number of pyridine rings is 1. The lowest BCUT2D eigenvalue weighted by molar-refractivity contribution is -0.141. The fraction of sp³-hybridized carbons (Fsp3) is 0.400. The molecule has 0 aliphatic rings. The van der Waals surface area contributed by atoms with Gasteiger partial charge in [0, 0.05) is 6.04 Å². The highest BCUT2D eigenvalue weighted by Gasteiger charge is 2.37. The van der Waals surface area contributed by atoms with Gasteiger partial charge in [-0.25, -0.2) is 9.78 Å². The van der Waals surface area contributed by atoms with E-state index in [0.717, 1.165) is 6.07 Å². The Labute approximate surface area is 95.5 Å². The first-order valence-corrected chi connectivity index (χ1v) is 4.80. The van der Waals surface area contributed by atoms with E-state index in [2.05, 4.69) is 10.3 Å². The van der Waals surface area contributed by atoms with Gasteiger partial charge in [0.1, 0.15) is 5.82 Å². The van der Waals surface area contributed by atoms with Crippen molar-refractivity contribution in [3.63, 3.8) is 0 Å². The van der Waals surface area contributed by atoms with Gasteiger partial charge in [0.15, 0.2) is 5.69 Å². The zero-order chi connectivity index (χ0) is 13.2. The maximum atomic E-state index is 12.6. The predicted octanol–water partition coefficient (Wildman–Crippen LogP) is 2.62. The first kappa shape index (κ1) is 13.3. The molecule has 0 saturated heterocycles. The van der Waals surface area contributed by atoms with E-state index in [0.29, 0.717) is 0 Å². The van der Waals surface area contributed by atoms with E-state index in [4.69, 9.17) is 5.11 Å². The van der Waals surface area contributed by atoms with Crippen LogP contribution < -0.4 is 5.32 Å². The molecule has 0 bridgehead atoms. The molecule has 0 saturated carbocycles. The predicted molar refractivity (Wildman–Crippen MR) is 55.0 cm³/mol.